The lowest BCUT2D eigenvalue weighted by Crippen LogP contribution is -2.04. The van der Waals surface area contributed by atoms with Gasteiger partial charge in [0.25, 0.3) is 0 Å². The predicted molar refractivity (Wildman–Crippen MR) is 54.5 cm³/mol. The van der Waals surface area contributed by atoms with Crippen molar-refractivity contribution in [1.29, 1.82) is 0 Å². The molecule has 0 aliphatic rings. The van der Waals surface area contributed by atoms with Gasteiger partial charge in [0.2, 0.25) is 0 Å². The van der Waals surface area contributed by atoms with E-state index in [2.05, 4.69) is 34.9 Å². The van der Waals surface area contributed by atoms with E-state index >= 15 is 0 Å². The lowest BCUT2D eigenvalue weighted by molar-refractivity contribution is 0.608. The SMILES string of the molecule is CCC(Cl)c1c(Br)cnn1CC. The largest absolute Gasteiger partial charge is 0.267 e. The molecule has 0 aliphatic carbocycles. The molecule has 0 aromatic carbocycles. The third-order valence-electron chi connectivity index (χ3n) is 1.79. The molecule has 0 radical (unpaired) electrons. The smallest absolute Gasteiger partial charge is 0.0763 e. The van der Waals surface area contributed by atoms with Gasteiger partial charge in [-0.15, -0.1) is 11.6 Å². The number of hydrogen-bond donors (Lipinski definition) is 0. The summed E-state index contributed by atoms with van der Waals surface area (Å²) in [4.78, 5) is 0. The Bertz CT molecular complexity index is 260. The molecule has 1 aromatic rings. The first-order valence-electron chi connectivity index (χ1n) is 4.06. The Hall–Kier alpha value is -0.0200. The van der Waals surface area contributed by atoms with Crippen LogP contribution in [0.1, 0.15) is 31.3 Å². The molecule has 4 heteroatoms. The lowest BCUT2D eigenvalue weighted by atomic mass is 10.2. The van der Waals surface area contributed by atoms with Crippen molar-refractivity contribution in [2.75, 3.05) is 0 Å². The monoisotopic (exact) mass is 250 g/mol. The molecule has 0 saturated carbocycles. The first-order valence-corrected chi connectivity index (χ1v) is 5.28. The van der Waals surface area contributed by atoms with Crippen molar-refractivity contribution >= 4 is 27.5 Å². The van der Waals surface area contributed by atoms with Gasteiger partial charge in [-0.05, 0) is 29.3 Å². The minimum absolute atomic E-state index is 0.0572. The molecular formula is C8H12BrClN2. The Morgan fingerprint density at radius 3 is 2.83 bits per heavy atom. The quantitative estimate of drug-likeness (QED) is 0.753. The maximum absolute atomic E-state index is 6.13. The average Bonchev–Trinajstić information content (AvgIpc) is 2.45. The van der Waals surface area contributed by atoms with Crippen LogP contribution in [0.5, 0.6) is 0 Å². The van der Waals surface area contributed by atoms with Crippen LogP contribution >= 0.6 is 27.5 Å². The van der Waals surface area contributed by atoms with E-state index in [4.69, 9.17) is 11.6 Å². The van der Waals surface area contributed by atoms with E-state index in [-0.39, 0.29) is 5.38 Å². The van der Waals surface area contributed by atoms with Crippen LogP contribution in [0.15, 0.2) is 10.7 Å². The molecule has 0 amide bonds. The molecule has 0 spiro atoms. The van der Waals surface area contributed by atoms with Crippen LogP contribution in [-0.4, -0.2) is 9.78 Å². The van der Waals surface area contributed by atoms with Crippen molar-refractivity contribution in [3.8, 4) is 0 Å². The van der Waals surface area contributed by atoms with Gasteiger partial charge in [0.1, 0.15) is 0 Å². The first kappa shape index (κ1) is 10.1. The Kier molecular flexibility index (Phi) is 3.59. The van der Waals surface area contributed by atoms with Crippen LogP contribution < -0.4 is 0 Å². The number of nitrogens with zero attached hydrogens (tertiary/aromatic N) is 2. The van der Waals surface area contributed by atoms with Crippen LogP contribution in [0.3, 0.4) is 0 Å². The fraction of sp³-hybridized carbons (Fsp3) is 0.625. The summed E-state index contributed by atoms with van der Waals surface area (Å²) in [5, 5.41) is 4.25. The molecule has 68 valence electrons. The highest BCUT2D eigenvalue weighted by Gasteiger charge is 2.14. The molecule has 1 rings (SSSR count). The molecule has 0 saturated heterocycles. The minimum Gasteiger partial charge on any atom is -0.267 e. The van der Waals surface area contributed by atoms with Crippen molar-refractivity contribution in [3.63, 3.8) is 0 Å². The molecule has 12 heavy (non-hydrogen) atoms. The molecule has 1 unspecified atom stereocenters. The van der Waals surface area contributed by atoms with Gasteiger partial charge >= 0.3 is 0 Å². The summed E-state index contributed by atoms with van der Waals surface area (Å²) in [6.45, 7) is 4.99. The highest BCUT2D eigenvalue weighted by Crippen LogP contribution is 2.30. The number of aryl methyl sites for hydroxylation is 1. The Balaban J connectivity index is 3.01. The standard InChI is InChI=1S/C8H12BrClN2/c1-3-7(10)8-6(9)5-11-12(8)4-2/h5,7H,3-4H2,1-2H3. The van der Waals surface area contributed by atoms with Gasteiger partial charge in [0.05, 0.1) is 21.7 Å². The number of alkyl halides is 1. The van der Waals surface area contributed by atoms with Gasteiger partial charge in [-0.3, -0.25) is 4.68 Å². The second-order valence-electron chi connectivity index (χ2n) is 2.57. The molecular weight excluding hydrogens is 239 g/mol. The molecule has 0 bridgehead atoms. The Morgan fingerprint density at radius 1 is 1.67 bits per heavy atom. The van der Waals surface area contributed by atoms with E-state index in [0.717, 1.165) is 23.1 Å². The fourth-order valence-corrected chi connectivity index (χ4v) is 2.06. The van der Waals surface area contributed by atoms with E-state index in [1.165, 1.54) is 0 Å². The number of hydrogen-bond acceptors (Lipinski definition) is 1. The molecule has 0 N–H and O–H groups in total. The van der Waals surface area contributed by atoms with Gasteiger partial charge in [0.15, 0.2) is 0 Å². The summed E-state index contributed by atoms with van der Waals surface area (Å²) in [6.07, 6.45) is 2.72. The van der Waals surface area contributed by atoms with Crippen LogP contribution in [0, 0.1) is 0 Å². The normalized spacial score (nSPS) is 13.3. The highest BCUT2D eigenvalue weighted by atomic mass is 79.9. The molecule has 2 nitrogen and oxygen atoms in total. The summed E-state index contributed by atoms with van der Waals surface area (Å²) in [5.41, 5.74) is 1.08. The van der Waals surface area contributed by atoms with E-state index in [9.17, 15) is 0 Å². The second kappa shape index (κ2) is 4.28. The zero-order valence-electron chi connectivity index (χ0n) is 7.22. The average molecular weight is 252 g/mol. The molecule has 1 aromatic heterocycles. The van der Waals surface area contributed by atoms with E-state index in [0.29, 0.717) is 0 Å². The van der Waals surface area contributed by atoms with Crippen LogP contribution in [-0.2, 0) is 6.54 Å². The van der Waals surface area contributed by atoms with E-state index < -0.39 is 0 Å². The number of halogens is 2. The van der Waals surface area contributed by atoms with Crippen molar-refractivity contribution < 1.29 is 0 Å². The summed E-state index contributed by atoms with van der Waals surface area (Å²) in [5.74, 6) is 0. The fourth-order valence-electron chi connectivity index (χ4n) is 1.13. The van der Waals surface area contributed by atoms with Crippen LogP contribution in [0.4, 0.5) is 0 Å². The predicted octanol–water partition coefficient (Wildman–Crippen LogP) is 3.36. The topological polar surface area (TPSA) is 17.8 Å². The zero-order chi connectivity index (χ0) is 9.14. The Labute approximate surface area is 86.0 Å². The van der Waals surface area contributed by atoms with Crippen molar-refractivity contribution in [2.24, 2.45) is 0 Å². The van der Waals surface area contributed by atoms with Crippen molar-refractivity contribution in [2.45, 2.75) is 32.2 Å². The van der Waals surface area contributed by atoms with Gasteiger partial charge in [-0.1, -0.05) is 6.92 Å². The van der Waals surface area contributed by atoms with Gasteiger partial charge < -0.3 is 0 Å². The number of aromatic nitrogens is 2. The summed E-state index contributed by atoms with van der Waals surface area (Å²) in [6, 6.07) is 0. The van der Waals surface area contributed by atoms with Gasteiger partial charge in [0, 0.05) is 6.54 Å². The van der Waals surface area contributed by atoms with Crippen molar-refractivity contribution in [3.05, 3.63) is 16.4 Å². The number of rotatable bonds is 3. The van der Waals surface area contributed by atoms with E-state index in [1.54, 1.807) is 6.20 Å². The molecule has 1 heterocycles. The summed E-state index contributed by atoms with van der Waals surface area (Å²) in [7, 11) is 0. The van der Waals surface area contributed by atoms with Gasteiger partial charge in [-0.2, -0.15) is 5.10 Å². The van der Waals surface area contributed by atoms with Crippen LogP contribution in [0.2, 0.25) is 0 Å². The Morgan fingerprint density at radius 2 is 2.33 bits per heavy atom. The molecule has 0 aliphatic heterocycles. The molecule has 0 fully saturated rings. The highest BCUT2D eigenvalue weighted by molar-refractivity contribution is 9.10. The third kappa shape index (κ3) is 1.83. The lowest BCUT2D eigenvalue weighted by Gasteiger charge is -2.09. The third-order valence-corrected chi connectivity index (χ3v) is 2.91. The van der Waals surface area contributed by atoms with E-state index in [1.807, 2.05) is 4.68 Å². The maximum Gasteiger partial charge on any atom is 0.0763 e. The summed E-state index contributed by atoms with van der Waals surface area (Å²) >= 11 is 9.56. The van der Waals surface area contributed by atoms with Crippen LogP contribution in [0.25, 0.3) is 0 Å². The van der Waals surface area contributed by atoms with Gasteiger partial charge in [-0.25, -0.2) is 0 Å². The minimum atomic E-state index is 0.0572. The molecule has 1 atom stereocenters. The second-order valence-corrected chi connectivity index (χ2v) is 3.95. The maximum atomic E-state index is 6.13. The van der Waals surface area contributed by atoms with Crippen molar-refractivity contribution in [1.82, 2.24) is 9.78 Å². The first-order chi connectivity index (χ1) is 5.70. The zero-order valence-corrected chi connectivity index (χ0v) is 9.56. The summed E-state index contributed by atoms with van der Waals surface area (Å²) < 4.78 is 2.93.